The minimum absolute atomic E-state index is 0.271. The van der Waals surface area contributed by atoms with E-state index in [9.17, 15) is 10.2 Å². The van der Waals surface area contributed by atoms with Gasteiger partial charge in [0, 0.05) is 12.5 Å². The summed E-state index contributed by atoms with van der Waals surface area (Å²) in [5.41, 5.74) is 2.00. The molecule has 0 fully saturated rings. The Kier molecular flexibility index (Phi) is 9.36. The molecule has 0 aromatic heterocycles. The van der Waals surface area contributed by atoms with Crippen molar-refractivity contribution < 1.29 is 14.9 Å². The van der Waals surface area contributed by atoms with Crippen molar-refractivity contribution in [2.24, 2.45) is 0 Å². The minimum atomic E-state index is -0.279. The molecule has 0 saturated carbocycles. The molecule has 0 atom stereocenters. The molecular weight excluding hydrogens is 348 g/mol. The zero-order valence-corrected chi connectivity index (χ0v) is 17.5. The van der Waals surface area contributed by atoms with Gasteiger partial charge in [-0.25, -0.2) is 0 Å². The van der Waals surface area contributed by atoms with Crippen molar-refractivity contribution in [2.75, 3.05) is 13.7 Å². The molecule has 0 spiro atoms. The van der Waals surface area contributed by atoms with E-state index in [1.165, 1.54) is 44.9 Å². The SMILES string of the molecule is CCCCCCCCCCC(COC)(c1ccc(O)cc1)c1ccc(O)cc1. The van der Waals surface area contributed by atoms with Gasteiger partial charge in [0.25, 0.3) is 0 Å². The Balaban J connectivity index is 2.13. The van der Waals surface area contributed by atoms with E-state index in [2.05, 4.69) is 6.92 Å². The molecule has 0 aliphatic heterocycles. The van der Waals surface area contributed by atoms with Gasteiger partial charge in [0.05, 0.1) is 6.61 Å². The van der Waals surface area contributed by atoms with Crippen LogP contribution < -0.4 is 0 Å². The van der Waals surface area contributed by atoms with Crippen molar-refractivity contribution in [3.05, 3.63) is 59.7 Å². The van der Waals surface area contributed by atoms with Crippen LogP contribution in [0.15, 0.2) is 48.5 Å². The highest BCUT2D eigenvalue weighted by Crippen LogP contribution is 2.39. The summed E-state index contributed by atoms with van der Waals surface area (Å²) in [6.45, 7) is 2.82. The van der Waals surface area contributed by atoms with Crippen LogP contribution in [0.2, 0.25) is 0 Å². The quantitative estimate of drug-likeness (QED) is 0.384. The Bertz CT molecular complexity index is 616. The first-order valence-corrected chi connectivity index (χ1v) is 10.7. The predicted octanol–water partition coefficient (Wildman–Crippen LogP) is 6.56. The number of phenolic OH excluding ortho intramolecular Hbond substituents is 2. The van der Waals surface area contributed by atoms with Crippen LogP contribution in [0.5, 0.6) is 11.5 Å². The highest BCUT2D eigenvalue weighted by atomic mass is 16.5. The van der Waals surface area contributed by atoms with Crippen LogP contribution in [0, 0.1) is 0 Å². The molecule has 0 heterocycles. The lowest BCUT2D eigenvalue weighted by molar-refractivity contribution is 0.141. The number of phenols is 2. The number of ether oxygens (including phenoxy) is 1. The molecule has 2 rings (SSSR count). The summed E-state index contributed by atoms with van der Waals surface area (Å²) >= 11 is 0. The van der Waals surface area contributed by atoms with Crippen LogP contribution in [-0.2, 0) is 10.2 Å². The van der Waals surface area contributed by atoms with E-state index in [0.717, 1.165) is 24.0 Å². The Morgan fingerprint density at radius 2 is 1.11 bits per heavy atom. The van der Waals surface area contributed by atoms with E-state index in [4.69, 9.17) is 4.74 Å². The fraction of sp³-hybridized carbons (Fsp3) is 0.520. The fourth-order valence-corrected chi connectivity index (χ4v) is 4.06. The van der Waals surface area contributed by atoms with Gasteiger partial charge < -0.3 is 14.9 Å². The maximum absolute atomic E-state index is 9.73. The largest absolute Gasteiger partial charge is 0.508 e. The molecular formula is C25H36O3. The molecule has 3 heteroatoms. The lowest BCUT2D eigenvalue weighted by Gasteiger charge is -2.35. The monoisotopic (exact) mass is 384 g/mol. The van der Waals surface area contributed by atoms with Gasteiger partial charge in [0.1, 0.15) is 11.5 Å². The number of hydrogen-bond acceptors (Lipinski definition) is 3. The van der Waals surface area contributed by atoms with E-state index >= 15 is 0 Å². The molecule has 2 aromatic carbocycles. The lowest BCUT2D eigenvalue weighted by Crippen LogP contribution is -2.33. The first-order chi connectivity index (χ1) is 13.6. The normalized spacial score (nSPS) is 11.6. The Hall–Kier alpha value is -2.00. The smallest absolute Gasteiger partial charge is 0.115 e. The van der Waals surface area contributed by atoms with Gasteiger partial charge in [-0.1, -0.05) is 82.6 Å². The van der Waals surface area contributed by atoms with E-state index < -0.39 is 0 Å². The van der Waals surface area contributed by atoms with Crippen LogP contribution in [0.3, 0.4) is 0 Å². The van der Waals surface area contributed by atoms with Crippen LogP contribution >= 0.6 is 0 Å². The molecule has 0 unspecified atom stereocenters. The molecule has 2 N–H and O–H groups in total. The molecule has 0 bridgehead atoms. The average molecular weight is 385 g/mol. The van der Waals surface area contributed by atoms with Crippen molar-refractivity contribution in [3.63, 3.8) is 0 Å². The maximum atomic E-state index is 9.73. The van der Waals surface area contributed by atoms with Crippen LogP contribution in [0.1, 0.15) is 75.8 Å². The molecule has 154 valence electrons. The zero-order valence-electron chi connectivity index (χ0n) is 17.5. The van der Waals surface area contributed by atoms with E-state index in [1.54, 1.807) is 31.4 Å². The average Bonchev–Trinajstić information content (AvgIpc) is 2.70. The van der Waals surface area contributed by atoms with Crippen molar-refractivity contribution in [1.29, 1.82) is 0 Å². The van der Waals surface area contributed by atoms with E-state index in [-0.39, 0.29) is 16.9 Å². The first kappa shape index (κ1) is 22.3. The van der Waals surface area contributed by atoms with Crippen LogP contribution in [0.25, 0.3) is 0 Å². The number of aromatic hydroxyl groups is 2. The van der Waals surface area contributed by atoms with Gasteiger partial charge in [-0.3, -0.25) is 0 Å². The zero-order chi connectivity index (χ0) is 20.2. The second kappa shape index (κ2) is 11.8. The molecule has 2 aromatic rings. The highest BCUT2D eigenvalue weighted by Gasteiger charge is 2.34. The van der Waals surface area contributed by atoms with Crippen LogP contribution in [-0.4, -0.2) is 23.9 Å². The number of methoxy groups -OCH3 is 1. The number of benzene rings is 2. The molecule has 0 amide bonds. The Morgan fingerprint density at radius 1 is 0.679 bits per heavy atom. The Morgan fingerprint density at radius 3 is 1.54 bits per heavy atom. The van der Waals surface area contributed by atoms with Crippen molar-refractivity contribution in [2.45, 2.75) is 70.1 Å². The third-order valence-corrected chi connectivity index (χ3v) is 5.69. The van der Waals surface area contributed by atoms with Crippen molar-refractivity contribution in [1.82, 2.24) is 0 Å². The molecule has 3 nitrogen and oxygen atoms in total. The van der Waals surface area contributed by atoms with Gasteiger partial charge >= 0.3 is 0 Å². The topological polar surface area (TPSA) is 49.7 Å². The van der Waals surface area contributed by atoms with E-state index in [1.807, 2.05) is 24.3 Å². The second-order valence-corrected chi connectivity index (χ2v) is 7.83. The van der Waals surface area contributed by atoms with E-state index in [0.29, 0.717) is 6.61 Å². The van der Waals surface area contributed by atoms with Crippen LogP contribution in [0.4, 0.5) is 0 Å². The lowest BCUT2D eigenvalue weighted by atomic mass is 9.71. The molecule has 0 aliphatic carbocycles. The van der Waals surface area contributed by atoms with Gasteiger partial charge in [-0.15, -0.1) is 0 Å². The van der Waals surface area contributed by atoms with Crippen molar-refractivity contribution >= 4 is 0 Å². The van der Waals surface area contributed by atoms with Gasteiger partial charge in [0.15, 0.2) is 0 Å². The summed E-state index contributed by atoms with van der Waals surface area (Å²) in [5.74, 6) is 0.542. The molecule has 0 aliphatic rings. The summed E-state index contributed by atoms with van der Waals surface area (Å²) in [7, 11) is 1.74. The summed E-state index contributed by atoms with van der Waals surface area (Å²) in [4.78, 5) is 0. The standard InChI is InChI=1S/C25H36O3/c1-3-4-5-6-7-8-9-10-19-25(20-28-2,21-11-15-23(26)16-12-21)22-13-17-24(27)18-14-22/h11-18,26-27H,3-10,19-20H2,1-2H3. The summed E-state index contributed by atoms with van der Waals surface area (Å²) in [6, 6.07) is 14.9. The Labute approximate surface area is 170 Å². The van der Waals surface area contributed by atoms with Gasteiger partial charge in [-0.05, 0) is 41.8 Å². The number of unbranched alkanes of at least 4 members (excludes halogenated alkanes) is 7. The summed E-state index contributed by atoms with van der Waals surface area (Å²) in [6.07, 6.45) is 11.2. The molecule has 0 saturated heterocycles. The second-order valence-electron chi connectivity index (χ2n) is 7.83. The maximum Gasteiger partial charge on any atom is 0.115 e. The minimum Gasteiger partial charge on any atom is -0.508 e. The first-order valence-electron chi connectivity index (χ1n) is 10.7. The number of rotatable bonds is 13. The summed E-state index contributed by atoms with van der Waals surface area (Å²) < 4.78 is 5.67. The van der Waals surface area contributed by atoms with Gasteiger partial charge in [-0.2, -0.15) is 0 Å². The molecule has 0 radical (unpaired) electrons. The summed E-state index contributed by atoms with van der Waals surface area (Å²) in [5, 5.41) is 19.5. The van der Waals surface area contributed by atoms with Gasteiger partial charge in [0.2, 0.25) is 0 Å². The third kappa shape index (κ3) is 6.27. The third-order valence-electron chi connectivity index (χ3n) is 5.69. The predicted molar refractivity (Wildman–Crippen MR) is 116 cm³/mol. The highest BCUT2D eigenvalue weighted by molar-refractivity contribution is 5.43. The van der Waals surface area contributed by atoms with Crippen molar-refractivity contribution in [3.8, 4) is 11.5 Å². The fourth-order valence-electron chi connectivity index (χ4n) is 4.06. The number of hydrogen-bond donors (Lipinski definition) is 2. The molecule has 28 heavy (non-hydrogen) atoms.